The van der Waals surface area contributed by atoms with Gasteiger partial charge in [-0.1, -0.05) is 5.16 Å². The number of anilines is 1. The Hall–Kier alpha value is -3.88. The Labute approximate surface area is 173 Å². The minimum absolute atomic E-state index is 0.459. The van der Waals surface area contributed by atoms with E-state index in [4.69, 9.17) is 18.7 Å². The average Bonchev–Trinajstić information content (AvgIpc) is 3.26. The van der Waals surface area contributed by atoms with Crippen molar-refractivity contribution < 1.29 is 18.7 Å². The molecule has 0 N–H and O–H groups in total. The number of rotatable bonds is 7. The predicted octanol–water partition coefficient (Wildman–Crippen LogP) is 3.34. The van der Waals surface area contributed by atoms with Gasteiger partial charge in [-0.3, -0.25) is 4.98 Å². The Morgan fingerprint density at radius 3 is 2.43 bits per heavy atom. The van der Waals surface area contributed by atoms with Crippen molar-refractivity contribution in [2.24, 2.45) is 0 Å². The molecule has 0 unspecified atom stereocenters. The molecule has 0 bridgehead atoms. The number of pyridine rings is 1. The largest absolute Gasteiger partial charge is 0.493 e. The maximum absolute atomic E-state index is 5.55. The molecule has 3 heterocycles. The summed E-state index contributed by atoms with van der Waals surface area (Å²) in [7, 11) is 6.62. The molecule has 0 atom stereocenters. The van der Waals surface area contributed by atoms with E-state index < -0.39 is 0 Å². The topological polar surface area (TPSA) is 95.6 Å². The van der Waals surface area contributed by atoms with Crippen molar-refractivity contribution in [1.29, 1.82) is 0 Å². The maximum atomic E-state index is 5.55. The van der Waals surface area contributed by atoms with Crippen LogP contribution in [0.25, 0.3) is 22.2 Å². The van der Waals surface area contributed by atoms with Gasteiger partial charge in [0.05, 0.1) is 33.3 Å². The van der Waals surface area contributed by atoms with Gasteiger partial charge >= 0.3 is 0 Å². The quantitative estimate of drug-likeness (QED) is 0.457. The second kappa shape index (κ2) is 8.24. The molecular formula is C21H21N5O4. The van der Waals surface area contributed by atoms with Crippen molar-refractivity contribution in [1.82, 2.24) is 20.1 Å². The highest BCUT2D eigenvalue weighted by molar-refractivity contribution is 5.96. The van der Waals surface area contributed by atoms with Crippen molar-refractivity contribution in [2.45, 2.75) is 6.54 Å². The van der Waals surface area contributed by atoms with Gasteiger partial charge in [-0.25, -0.2) is 9.97 Å². The molecular weight excluding hydrogens is 386 g/mol. The third-order valence-corrected chi connectivity index (χ3v) is 4.70. The Bertz CT molecular complexity index is 1160. The third-order valence-electron chi connectivity index (χ3n) is 4.70. The molecule has 0 radical (unpaired) electrons. The van der Waals surface area contributed by atoms with Crippen LogP contribution in [0.15, 0.2) is 47.5 Å². The van der Waals surface area contributed by atoms with Crippen LogP contribution in [0.5, 0.6) is 17.2 Å². The monoisotopic (exact) mass is 407 g/mol. The molecule has 154 valence electrons. The van der Waals surface area contributed by atoms with Gasteiger partial charge in [0.2, 0.25) is 5.75 Å². The molecule has 0 saturated heterocycles. The van der Waals surface area contributed by atoms with E-state index in [0.717, 1.165) is 16.6 Å². The van der Waals surface area contributed by atoms with Crippen molar-refractivity contribution in [3.8, 4) is 28.5 Å². The van der Waals surface area contributed by atoms with E-state index >= 15 is 0 Å². The highest BCUT2D eigenvalue weighted by Crippen LogP contribution is 2.44. The molecule has 0 spiro atoms. The Morgan fingerprint density at radius 1 is 0.967 bits per heavy atom. The number of hydrogen-bond acceptors (Lipinski definition) is 9. The molecule has 0 amide bonds. The minimum atomic E-state index is 0.459. The number of nitrogens with zero attached hydrogens (tertiary/aromatic N) is 5. The average molecular weight is 407 g/mol. The summed E-state index contributed by atoms with van der Waals surface area (Å²) in [5.41, 5.74) is 2.32. The number of benzene rings is 1. The lowest BCUT2D eigenvalue weighted by molar-refractivity contribution is 0.327. The molecule has 0 aliphatic carbocycles. The smallest absolute Gasteiger partial charge is 0.205 e. The van der Waals surface area contributed by atoms with E-state index in [2.05, 4.69) is 20.1 Å². The maximum Gasteiger partial charge on any atom is 0.205 e. The summed E-state index contributed by atoms with van der Waals surface area (Å²) in [4.78, 5) is 14.8. The first-order valence-electron chi connectivity index (χ1n) is 9.17. The van der Waals surface area contributed by atoms with Crippen LogP contribution in [0.4, 0.5) is 5.82 Å². The molecule has 30 heavy (non-hydrogen) atoms. The van der Waals surface area contributed by atoms with Crippen molar-refractivity contribution in [3.05, 3.63) is 48.7 Å². The lowest BCUT2D eigenvalue weighted by Gasteiger charge is -2.20. The van der Waals surface area contributed by atoms with E-state index in [9.17, 15) is 0 Å². The predicted molar refractivity (Wildman–Crippen MR) is 111 cm³/mol. The lowest BCUT2D eigenvalue weighted by atomic mass is 10.1. The van der Waals surface area contributed by atoms with Gasteiger partial charge in [0.15, 0.2) is 17.3 Å². The zero-order valence-electron chi connectivity index (χ0n) is 17.1. The van der Waals surface area contributed by atoms with Gasteiger partial charge in [-0.2, -0.15) is 0 Å². The highest BCUT2D eigenvalue weighted by Gasteiger charge is 2.21. The van der Waals surface area contributed by atoms with Crippen LogP contribution in [0.2, 0.25) is 0 Å². The number of aromatic nitrogens is 4. The van der Waals surface area contributed by atoms with Crippen molar-refractivity contribution >= 4 is 16.7 Å². The highest BCUT2D eigenvalue weighted by atomic mass is 16.5. The number of fused-ring (bicyclic) bond motifs is 1. The number of hydrogen-bond donors (Lipinski definition) is 0. The second-order valence-electron chi connectivity index (χ2n) is 6.51. The normalized spacial score (nSPS) is 10.8. The zero-order valence-corrected chi connectivity index (χ0v) is 17.1. The van der Waals surface area contributed by atoms with Gasteiger partial charge in [-0.05, 0) is 18.2 Å². The van der Waals surface area contributed by atoms with E-state index in [-0.39, 0.29) is 0 Å². The van der Waals surface area contributed by atoms with E-state index in [1.165, 1.54) is 6.33 Å². The molecule has 3 aromatic heterocycles. The SMILES string of the molecule is COc1cc2c(N(C)Cc3cc(-c4ccncc4)no3)ncnc2c(OC)c1OC. The van der Waals surface area contributed by atoms with E-state index in [1.807, 2.05) is 36.2 Å². The first-order valence-corrected chi connectivity index (χ1v) is 9.17. The summed E-state index contributed by atoms with van der Waals surface area (Å²) >= 11 is 0. The fourth-order valence-electron chi connectivity index (χ4n) is 3.31. The first kappa shape index (κ1) is 19.4. The van der Waals surface area contributed by atoms with Gasteiger partial charge in [0, 0.05) is 31.1 Å². The number of methoxy groups -OCH3 is 3. The second-order valence-corrected chi connectivity index (χ2v) is 6.51. The molecule has 1 aromatic carbocycles. The fraction of sp³-hybridized carbons (Fsp3) is 0.238. The van der Waals surface area contributed by atoms with Crippen LogP contribution < -0.4 is 19.1 Å². The Kier molecular flexibility index (Phi) is 5.34. The molecule has 4 aromatic rings. The summed E-state index contributed by atoms with van der Waals surface area (Å²) in [5, 5.41) is 4.92. The van der Waals surface area contributed by atoms with Gasteiger partial charge in [0.25, 0.3) is 0 Å². The third kappa shape index (κ3) is 3.45. The number of ether oxygens (including phenoxy) is 3. The molecule has 9 heteroatoms. The van der Waals surface area contributed by atoms with Crippen molar-refractivity contribution in [2.75, 3.05) is 33.3 Å². The summed E-state index contributed by atoms with van der Waals surface area (Å²) in [6, 6.07) is 7.51. The molecule has 0 fully saturated rings. The molecule has 0 saturated carbocycles. The summed E-state index contributed by atoms with van der Waals surface area (Å²) in [6.45, 7) is 0.459. The molecule has 0 aliphatic heterocycles. The molecule has 0 aliphatic rings. The fourth-order valence-corrected chi connectivity index (χ4v) is 3.31. The Morgan fingerprint density at radius 2 is 1.73 bits per heavy atom. The van der Waals surface area contributed by atoms with Crippen LogP contribution >= 0.6 is 0 Å². The van der Waals surface area contributed by atoms with Crippen LogP contribution in [0, 0.1) is 0 Å². The van der Waals surface area contributed by atoms with E-state index in [1.54, 1.807) is 33.7 Å². The van der Waals surface area contributed by atoms with Crippen LogP contribution in [0.1, 0.15) is 5.76 Å². The van der Waals surface area contributed by atoms with Gasteiger partial charge in [0.1, 0.15) is 23.4 Å². The summed E-state index contributed by atoms with van der Waals surface area (Å²) in [6.07, 6.45) is 4.93. The minimum Gasteiger partial charge on any atom is -0.493 e. The lowest BCUT2D eigenvalue weighted by Crippen LogP contribution is -2.18. The summed E-state index contributed by atoms with van der Waals surface area (Å²) < 4.78 is 22.0. The standard InChI is InChI=1S/C21H21N5O4/c1-26(11-14-9-16(25-30-14)13-5-7-22-8-6-13)21-15-10-17(27-2)19(28-3)20(29-4)18(15)23-12-24-21/h5-10,12H,11H2,1-4H3. The Balaban J connectivity index is 1.70. The van der Waals surface area contributed by atoms with Crippen molar-refractivity contribution in [3.63, 3.8) is 0 Å². The van der Waals surface area contributed by atoms with Crippen LogP contribution in [-0.4, -0.2) is 48.5 Å². The molecule has 4 rings (SSSR count). The summed E-state index contributed by atoms with van der Waals surface area (Å²) in [5.74, 6) is 2.90. The first-order chi connectivity index (χ1) is 14.7. The van der Waals surface area contributed by atoms with Gasteiger partial charge in [-0.15, -0.1) is 0 Å². The van der Waals surface area contributed by atoms with Gasteiger partial charge < -0.3 is 23.6 Å². The van der Waals surface area contributed by atoms with Crippen LogP contribution in [-0.2, 0) is 6.54 Å². The zero-order chi connectivity index (χ0) is 21.1. The molecule has 9 nitrogen and oxygen atoms in total. The van der Waals surface area contributed by atoms with Crippen LogP contribution in [0.3, 0.4) is 0 Å². The van der Waals surface area contributed by atoms with E-state index in [0.29, 0.717) is 40.9 Å².